The topological polar surface area (TPSA) is 123 Å². The van der Waals surface area contributed by atoms with Crippen LogP contribution in [0.3, 0.4) is 0 Å². The zero-order valence-corrected chi connectivity index (χ0v) is 20.6. The summed E-state index contributed by atoms with van der Waals surface area (Å²) < 4.78 is 18.5. The molecule has 3 aromatic rings. The summed E-state index contributed by atoms with van der Waals surface area (Å²) in [5, 5.41) is 40.5. The first-order valence-corrected chi connectivity index (χ1v) is 12.0. The summed E-state index contributed by atoms with van der Waals surface area (Å²) in [6.07, 6.45) is -1.22. The van der Waals surface area contributed by atoms with Gasteiger partial charge in [0.2, 0.25) is 17.1 Å². The van der Waals surface area contributed by atoms with Crippen LogP contribution in [0.2, 0.25) is 5.02 Å². The lowest BCUT2D eigenvalue weighted by Crippen LogP contribution is -2.57. The molecule has 182 valence electrons. The Morgan fingerprint density at radius 1 is 0.946 bits per heavy atom. The standard InChI is InChI=1S/C29H21ClN4O3/c1-19-28(18-33)26(34)37-29(19,22-10-12-23(30)13-11-22)36-25(27(28,16-31)17-32)21-8-5-9-24(14-21)35-15-20-6-3-2-4-7-20/h2-14,19,25,34H,15H2,1H3. The number of benzene rings is 3. The van der Waals surface area contributed by atoms with E-state index in [1.165, 1.54) is 0 Å². The van der Waals surface area contributed by atoms with Gasteiger partial charge in [-0.3, -0.25) is 5.41 Å². The van der Waals surface area contributed by atoms with E-state index in [-0.39, 0.29) is 0 Å². The minimum absolute atomic E-state index is 0.319. The fourth-order valence-electron chi connectivity index (χ4n) is 5.36. The van der Waals surface area contributed by atoms with Crippen molar-refractivity contribution in [2.24, 2.45) is 16.7 Å². The van der Waals surface area contributed by atoms with Crippen LogP contribution in [-0.4, -0.2) is 5.90 Å². The molecule has 2 bridgehead atoms. The smallest absolute Gasteiger partial charge is 0.244 e. The molecule has 7 nitrogen and oxygen atoms in total. The maximum absolute atomic E-state index is 10.5. The van der Waals surface area contributed by atoms with Crippen LogP contribution in [0, 0.1) is 56.2 Å². The third kappa shape index (κ3) is 3.39. The first-order chi connectivity index (χ1) is 17.9. The zero-order chi connectivity index (χ0) is 26.3. The van der Waals surface area contributed by atoms with Gasteiger partial charge in [-0.1, -0.05) is 73.1 Å². The van der Waals surface area contributed by atoms with Gasteiger partial charge in [0.05, 0.1) is 24.1 Å². The Kier molecular flexibility index (Phi) is 5.89. The quantitative estimate of drug-likeness (QED) is 0.448. The van der Waals surface area contributed by atoms with Crippen LogP contribution in [0.5, 0.6) is 5.75 Å². The van der Waals surface area contributed by atoms with E-state index in [1.807, 2.05) is 30.3 Å². The minimum Gasteiger partial charge on any atom is -0.489 e. The van der Waals surface area contributed by atoms with Crippen molar-refractivity contribution < 1.29 is 14.2 Å². The van der Waals surface area contributed by atoms with Gasteiger partial charge in [0.1, 0.15) is 18.5 Å². The molecule has 2 saturated heterocycles. The third-order valence-electron chi connectivity index (χ3n) is 7.32. The summed E-state index contributed by atoms with van der Waals surface area (Å²) in [6.45, 7) is 1.98. The molecule has 4 unspecified atom stereocenters. The van der Waals surface area contributed by atoms with E-state index >= 15 is 0 Å². The van der Waals surface area contributed by atoms with E-state index in [9.17, 15) is 15.8 Å². The first-order valence-electron chi connectivity index (χ1n) is 11.6. The Morgan fingerprint density at radius 2 is 1.65 bits per heavy atom. The largest absolute Gasteiger partial charge is 0.489 e. The zero-order valence-electron chi connectivity index (χ0n) is 19.8. The fraction of sp³-hybridized carbons (Fsp3) is 0.241. The number of hydrogen-bond acceptors (Lipinski definition) is 7. The second-order valence-corrected chi connectivity index (χ2v) is 9.56. The van der Waals surface area contributed by atoms with Crippen molar-refractivity contribution in [2.45, 2.75) is 25.4 Å². The summed E-state index contributed by atoms with van der Waals surface area (Å²) in [5.74, 6) is -2.41. The molecule has 3 aromatic carbocycles. The van der Waals surface area contributed by atoms with Crippen LogP contribution in [0.15, 0.2) is 78.9 Å². The summed E-state index contributed by atoms with van der Waals surface area (Å²) >= 11 is 6.10. The number of rotatable bonds is 5. The monoisotopic (exact) mass is 508 g/mol. The lowest BCUT2D eigenvalue weighted by Gasteiger charge is -2.48. The second-order valence-electron chi connectivity index (χ2n) is 9.12. The predicted molar refractivity (Wildman–Crippen MR) is 134 cm³/mol. The Morgan fingerprint density at radius 3 is 2.30 bits per heavy atom. The SMILES string of the molecule is CC1C2(c3ccc(Cl)cc3)OC(=N)C1(C#N)C(C#N)(C#N)C(c1cccc(OCc3ccccc3)c1)O2. The molecule has 2 aliphatic heterocycles. The second kappa shape index (κ2) is 8.95. The number of nitrogens with one attached hydrogen (secondary N) is 1. The average Bonchev–Trinajstić information content (AvgIpc) is 3.09. The van der Waals surface area contributed by atoms with Crippen molar-refractivity contribution in [2.75, 3.05) is 0 Å². The number of nitrogens with zero attached hydrogens (tertiary/aromatic N) is 3. The van der Waals surface area contributed by atoms with Gasteiger partial charge in [0.25, 0.3) is 0 Å². The minimum atomic E-state index is -2.07. The van der Waals surface area contributed by atoms with Crippen molar-refractivity contribution in [1.29, 1.82) is 21.2 Å². The van der Waals surface area contributed by atoms with Crippen molar-refractivity contribution in [3.63, 3.8) is 0 Å². The molecule has 0 amide bonds. The Balaban J connectivity index is 1.63. The molecule has 0 spiro atoms. The first kappa shape index (κ1) is 24.3. The molecule has 4 atom stereocenters. The van der Waals surface area contributed by atoms with Crippen molar-refractivity contribution in [3.8, 4) is 24.0 Å². The van der Waals surface area contributed by atoms with Crippen molar-refractivity contribution >= 4 is 17.5 Å². The molecular formula is C29H21ClN4O3. The highest BCUT2D eigenvalue weighted by molar-refractivity contribution is 6.30. The summed E-state index contributed by atoms with van der Waals surface area (Å²) in [6, 6.07) is 29.5. The normalized spacial score (nSPS) is 27.3. The van der Waals surface area contributed by atoms with E-state index in [0.29, 0.717) is 28.5 Å². The average molecular weight is 509 g/mol. The van der Waals surface area contributed by atoms with Gasteiger partial charge >= 0.3 is 0 Å². The molecule has 1 N–H and O–H groups in total. The highest BCUT2D eigenvalue weighted by Crippen LogP contribution is 2.69. The van der Waals surface area contributed by atoms with Gasteiger partial charge in [-0.2, -0.15) is 15.8 Å². The van der Waals surface area contributed by atoms with Gasteiger partial charge in [0, 0.05) is 10.6 Å². The molecule has 8 heteroatoms. The molecule has 5 rings (SSSR count). The van der Waals surface area contributed by atoms with Crippen LogP contribution in [0.1, 0.15) is 29.7 Å². The Labute approximate surface area is 219 Å². The Hall–Kier alpha value is -4.35. The predicted octanol–water partition coefficient (Wildman–Crippen LogP) is 6.03. The van der Waals surface area contributed by atoms with Crippen LogP contribution in [-0.2, 0) is 21.9 Å². The number of halogens is 1. The number of fused-ring (bicyclic) bond motifs is 2. The lowest BCUT2D eigenvalue weighted by molar-refractivity contribution is -0.288. The molecule has 0 saturated carbocycles. The van der Waals surface area contributed by atoms with Gasteiger partial charge in [-0.05, 0) is 35.4 Å². The maximum atomic E-state index is 10.5. The third-order valence-corrected chi connectivity index (χ3v) is 7.58. The molecule has 0 aliphatic carbocycles. The maximum Gasteiger partial charge on any atom is 0.244 e. The van der Waals surface area contributed by atoms with E-state index in [0.717, 1.165) is 5.56 Å². The number of hydrogen-bond donors (Lipinski definition) is 1. The molecule has 2 aliphatic rings. The van der Waals surface area contributed by atoms with Gasteiger partial charge in [-0.25, -0.2) is 0 Å². The Bertz CT molecular complexity index is 1470. The van der Waals surface area contributed by atoms with Gasteiger partial charge < -0.3 is 14.2 Å². The molecule has 37 heavy (non-hydrogen) atoms. The lowest BCUT2D eigenvalue weighted by atomic mass is 9.53. The van der Waals surface area contributed by atoms with E-state index < -0.39 is 34.5 Å². The molecular weight excluding hydrogens is 488 g/mol. The molecule has 2 fully saturated rings. The van der Waals surface area contributed by atoms with Crippen LogP contribution >= 0.6 is 11.6 Å². The number of ether oxygens (including phenoxy) is 3. The highest BCUT2D eigenvalue weighted by Gasteiger charge is 2.79. The van der Waals surface area contributed by atoms with Gasteiger partial charge in [0.15, 0.2) is 5.41 Å². The van der Waals surface area contributed by atoms with Gasteiger partial charge in [-0.15, -0.1) is 0 Å². The van der Waals surface area contributed by atoms with Crippen molar-refractivity contribution in [1.82, 2.24) is 0 Å². The summed E-state index contributed by atoms with van der Waals surface area (Å²) in [5.41, 5.74) is -2.00. The van der Waals surface area contributed by atoms with Crippen molar-refractivity contribution in [3.05, 3.63) is 101 Å². The molecule has 0 aromatic heterocycles. The van der Waals surface area contributed by atoms with E-state index in [1.54, 1.807) is 55.5 Å². The summed E-state index contributed by atoms with van der Waals surface area (Å²) in [4.78, 5) is 0. The van der Waals surface area contributed by atoms with Crippen LogP contribution in [0.4, 0.5) is 0 Å². The highest BCUT2D eigenvalue weighted by atomic mass is 35.5. The van der Waals surface area contributed by atoms with E-state index in [2.05, 4.69) is 18.2 Å². The number of nitriles is 3. The van der Waals surface area contributed by atoms with Crippen LogP contribution in [0.25, 0.3) is 0 Å². The molecule has 0 radical (unpaired) electrons. The van der Waals surface area contributed by atoms with Crippen LogP contribution < -0.4 is 4.74 Å². The molecule has 2 heterocycles. The fourth-order valence-corrected chi connectivity index (χ4v) is 5.49. The van der Waals surface area contributed by atoms with E-state index in [4.69, 9.17) is 31.2 Å². The summed E-state index contributed by atoms with van der Waals surface area (Å²) in [7, 11) is 0.